The summed E-state index contributed by atoms with van der Waals surface area (Å²) in [6.07, 6.45) is 0. The van der Waals surface area contributed by atoms with E-state index in [1.165, 1.54) is 25.3 Å². The van der Waals surface area contributed by atoms with E-state index in [-0.39, 0.29) is 29.9 Å². The van der Waals surface area contributed by atoms with Crippen LogP contribution in [0, 0.1) is 10.1 Å². The van der Waals surface area contributed by atoms with Gasteiger partial charge in [0.1, 0.15) is 10.8 Å². The molecule has 1 amide bonds. The van der Waals surface area contributed by atoms with Gasteiger partial charge in [0, 0.05) is 12.1 Å². The van der Waals surface area contributed by atoms with E-state index >= 15 is 0 Å². The lowest BCUT2D eigenvalue weighted by molar-refractivity contribution is -0.384. The highest BCUT2D eigenvalue weighted by atomic mass is 32.1. The third-order valence-electron chi connectivity index (χ3n) is 4.39. The SMILES string of the molecule is COc1ccc([N+](=O)[O-])cc1NC(=O)CN(C)[C@@H](C)c1nc2ccccc2s1. The zero-order valence-corrected chi connectivity index (χ0v) is 16.5. The lowest BCUT2D eigenvalue weighted by Crippen LogP contribution is -2.32. The maximum Gasteiger partial charge on any atom is 0.271 e. The number of nitro benzene ring substituents is 1. The summed E-state index contributed by atoms with van der Waals surface area (Å²) in [6, 6.07) is 11.9. The Morgan fingerprint density at radius 1 is 1.36 bits per heavy atom. The second-order valence-corrected chi connectivity index (χ2v) is 7.36. The number of nitrogens with zero attached hydrogens (tertiary/aromatic N) is 3. The van der Waals surface area contributed by atoms with Gasteiger partial charge >= 0.3 is 0 Å². The Kier molecular flexibility index (Phi) is 5.86. The molecule has 2 aromatic carbocycles. The quantitative estimate of drug-likeness (QED) is 0.478. The molecule has 0 saturated carbocycles. The van der Waals surface area contributed by atoms with Gasteiger partial charge in [0.25, 0.3) is 5.69 Å². The molecular weight excluding hydrogens is 380 g/mol. The molecule has 0 aliphatic rings. The minimum Gasteiger partial charge on any atom is -0.495 e. The summed E-state index contributed by atoms with van der Waals surface area (Å²) < 4.78 is 6.28. The molecule has 1 N–H and O–H groups in total. The summed E-state index contributed by atoms with van der Waals surface area (Å²) in [5.41, 5.74) is 1.09. The molecular formula is C19H20N4O4S. The fourth-order valence-electron chi connectivity index (χ4n) is 2.72. The molecule has 9 heteroatoms. The Morgan fingerprint density at radius 3 is 2.79 bits per heavy atom. The Balaban J connectivity index is 1.70. The third kappa shape index (κ3) is 4.26. The first-order valence-corrected chi connectivity index (χ1v) is 9.38. The van der Waals surface area contributed by atoms with Gasteiger partial charge in [0.15, 0.2) is 0 Å². The molecule has 1 atom stereocenters. The predicted octanol–water partition coefficient (Wildman–Crippen LogP) is 3.84. The van der Waals surface area contributed by atoms with E-state index < -0.39 is 4.92 Å². The first-order chi connectivity index (χ1) is 13.4. The fourth-order valence-corrected chi connectivity index (χ4v) is 3.80. The standard InChI is InChI=1S/C19H20N4O4S/c1-12(19-21-14-6-4-5-7-17(14)28-19)22(2)11-18(24)20-15-10-13(23(25)26)8-9-16(15)27-3/h4-10,12H,11H2,1-3H3,(H,20,24)/t12-/m0/s1. The van der Waals surface area contributed by atoms with E-state index in [1.54, 1.807) is 11.3 Å². The van der Waals surface area contributed by atoms with Crippen LogP contribution in [0.5, 0.6) is 5.75 Å². The monoisotopic (exact) mass is 400 g/mol. The molecule has 1 aromatic heterocycles. The van der Waals surface area contributed by atoms with E-state index in [9.17, 15) is 14.9 Å². The van der Waals surface area contributed by atoms with Gasteiger partial charge < -0.3 is 10.1 Å². The van der Waals surface area contributed by atoms with Crippen LogP contribution in [0.1, 0.15) is 18.0 Å². The normalized spacial score (nSPS) is 12.1. The smallest absolute Gasteiger partial charge is 0.271 e. The van der Waals surface area contributed by atoms with Crippen LogP contribution in [-0.4, -0.2) is 41.4 Å². The summed E-state index contributed by atoms with van der Waals surface area (Å²) in [5, 5.41) is 14.6. The average Bonchev–Trinajstić information content (AvgIpc) is 3.11. The third-order valence-corrected chi connectivity index (χ3v) is 5.60. The number of carbonyl (C=O) groups excluding carboxylic acids is 1. The molecule has 1 heterocycles. The van der Waals surface area contributed by atoms with Crippen LogP contribution in [0.15, 0.2) is 42.5 Å². The van der Waals surface area contributed by atoms with Crippen molar-refractivity contribution >= 4 is 38.8 Å². The van der Waals surface area contributed by atoms with Crippen molar-refractivity contribution in [2.75, 3.05) is 26.0 Å². The van der Waals surface area contributed by atoms with Gasteiger partial charge in [-0.05, 0) is 32.2 Å². The van der Waals surface area contributed by atoms with Crippen LogP contribution in [0.2, 0.25) is 0 Å². The first-order valence-electron chi connectivity index (χ1n) is 8.57. The summed E-state index contributed by atoms with van der Waals surface area (Å²) in [5.74, 6) is 0.0649. The highest BCUT2D eigenvalue weighted by Gasteiger charge is 2.20. The molecule has 8 nitrogen and oxygen atoms in total. The van der Waals surface area contributed by atoms with Gasteiger partial charge in [-0.25, -0.2) is 4.98 Å². The summed E-state index contributed by atoms with van der Waals surface area (Å²) in [4.78, 5) is 29.4. The van der Waals surface area contributed by atoms with E-state index in [0.717, 1.165) is 15.2 Å². The van der Waals surface area contributed by atoms with Gasteiger partial charge in [-0.1, -0.05) is 12.1 Å². The number of hydrogen-bond donors (Lipinski definition) is 1. The minimum absolute atomic E-state index is 0.0600. The van der Waals surface area contributed by atoms with Gasteiger partial charge in [0.05, 0.1) is 40.5 Å². The molecule has 28 heavy (non-hydrogen) atoms. The van der Waals surface area contributed by atoms with Crippen LogP contribution < -0.4 is 10.1 Å². The fraction of sp³-hybridized carbons (Fsp3) is 0.263. The largest absolute Gasteiger partial charge is 0.495 e. The Bertz CT molecular complexity index is 987. The number of hydrogen-bond acceptors (Lipinski definition) is 7. The van der Waals surface area contributed by atoms with Gasteiger partial charge in [0.2, 0.25) is 5.91 Å². The Labute approximate surface area is 165 Å². The number of ether oxygens (including phenoxy) is 1. The van der Waals surface area contributed by atoms with Crippen molar-refractivity contribution in [1.82, 2.24) is 9.88 Å². The van der Waals surface area contributed by atoms with E-state index in [2.05, 4.69) is 10.3 Å². The first kappa shape index (κ1) is 19.7. The number of fused-ring (bicyclic) bond motifs is 1. The molecule has 0 radical (unpaired) electrons. The highest BCUT2D eigenvalue weighted by Crippen LogP contribution is 2.30. The van der Waals surface area contributed by atoms with Crippen LogP contribution in [-0.2, 0) is 4.79 Å². The number of non-ortho nitro benzene ring substituents is 1. The lowest BCUT2D eigenvalue weighted by Gasteiger charge is -2.22. The number of thiazole rings is 1. The predicted molar refractivity (Wildman–Crippen MR) is 109 cm³/mol. The summed E-state index contributed by atoms with van der Waals surface area (Å²) >= 11 is 1.60. The topological polar surface area (TPSA) is 97.6 Å². The van der Waals surface area contributed by atoms with Crippen LogP contribution >= 0.6 is 11.3 Å². The van der Waals surface area contributed by atoms with Crippen molar-refractivity contribution in [2.24, 2.45) is 0 Å². The molecule has 3 rings (SSSR count). The zero-order valence-electron chi connectivity index (χ0n) is 15.7. The molecule has 0 bridgehead atoms. The number of para-hydroxylation sites is 1. The molecule has 3 aromatic rings. The molecule has 0 unspecified atom stereocenters. The van der Waals surface area contributed by atoms with Crippen molar-refractivity contribution in [3.63, 3.8) is 0 Å². The number of anilines is 1. The molecule has 0 fully saturated rings. The number of carbonyl (C=O) groups is 1. The van der Waals surface area contributed by atoms with Crippen molar-refractivity contribution < 1.29 is 14.5 Å². The number of benzene rings is 2. The van der Waals surface area contributed by atoms with Crippen molar-refractivity contribution in [1.29, 1.82) is 0 Å². The zero-order chi connectivity index (χ0) is 20.3. The van der Waals surface area contributed by atoms with Crippen LogP contribution in [0.3, 0.4) is 0 Å². The number of methoxy groups -OCH3 is 1. The number of nitro groups is 1. The molecule has 0 aliphatic heterocycles. The lowest BCUT2D eigenvalue weighted by atomic mass is 10.2. The number of likely N-dealkylation sites (N-methyl/N-ethyl adjacent to an activating group) is 1. The van der Waals surface area contributed by atoms with Crippen molar-refractivity contribution in [3.05, 3.63) is 57.6 Å². The van der Waals surface area contributed by atoms with Crippen LogP contribution in [0.4, 0.5) is 11.4 Å². The second-order valence-electron chi connectivity index (χ2n) is 6.30. The van der Waals surface area contributed by atoms with E-state index in [0.29, 0.717) is 5.75 Å². The minimum atomic E-state index is -0.517. The second kappa shape index (κ2) is 8.32. The maximum atomic E-state index is 12.5. The number of amides is 1. The van der Waals surface area contributed by atoms with Crippen molar-refractivity contribution in [2.45, 2.75) is 13.0 Å². The Hall–Kier alpha value is -3.04. The van der Waals surface area contributed by atoms with Gasteiger partial charge in [-0.2, -0.15) is 0 Å². The van der Waals surface area contributed by atoms with E-state index in [1.807, 2.05) is 43.1 Å². The van der Waals surface area contributed by atoms with E-state index in [4.69, 9.17) is 4.74 Å². The molecule has 0 spiro atoms. The average molecular weight is 400 g/mol. The molecule has 0 aliphatic carbocycles. The summed E-state index contributed by atoms with van der Waals surface area (Å²) in [6.45, 7) is 2.09. The number of nitrogens with one attached hydrogen (secondary N) is 1. The highest BCUT2D eigenvalue weighted by molar-refractivity contribution is 7.18. The number of aromatic nitrogens is 1. The molecule has 0 saturated heterocycles. The van der Waals surface area contributed by atoms with Crippen LogP contribution in [0.25, 0.3) is 10.2 Å². The summed E-state index contributed by atoms with van der Waals surface area (Å²) in [7, 11) is 3.28. The van der Waals surface area contributed by atoms with Gasteiger partial charge in [-0.15, -0.1) is 11.3 Å². The Morgan fingerprint density at radius 2 is 2.11 bits per heavy atom. The van der Waals surface area contributed by atoms with Crippen molar-refractivity contribution in [3.8, 4) is 5.75 Å². The number of rotatable bonds is 7. The molecule has 146 valence electrons. The van der Waals surface area contributed by atoms with Gasteiger partial charge in [-0.3, -0.25) is 19.8 Å². The maximum absolute atomic E-state index is 12.5.